The lowest BCUT2D eigenvalue weighted by Crippen LogP contribution is -2.11. The van der Waals surface area contributed by atoms with Crippen LogP contribution in [0.4, 0.5) is 4.39 Å². The maximum absolute atomic E-state index is 14.8. The molecule has 0 aromatic heterocycles. The van der Waals surface area contributed by atoms with E-state index in [0.29, 0.717) is 23.7 Å². The Hall–Kier alpha value is -3.34. The number of benzene rings is 3. The van der Waals surface area contributed by atoms with Gasteiger partial charge in [0.1, 0.15) is 23.9 Å². The molecule has 3 aromatic carbocycles. The molecule has 0 aliphatic carbocycles. The zero-order chi connectivity index (χ0) is 25.6. The molecule has 0 saturated carbocycles. The van der Waals surface area contributed by atoms with Crippen LogP contribution in [0.2, 0.25) is 0 Å². The molecule has 3 rings (SSSR count). The molecule has 0 radical (unpaired) electrons. The van der Waals surface area contributed by atoms with Crippen molar-refractivity contribution >= 4 is 5.97 Å². The minimum absolute atomic E-state index is 0.0134. The van der Waals surface area contributed by atoms with Gasteiger partial charge in [-0.3, -0.25) is 4.79 Å². The predicted octanol–water partition coefficient (Wildman–Crippen LogP) is 7.64. The Kier molecular flexibility index (Phi) is 8.55. The minimum atomic E-state index is -0.806. The Morgan fingerprint density at radius 3 is 2.34 bits per heavy atom. The van der Waals surface area contributed by atoms with Gasteiger partial charge in [0.2, 0.25) is 0 Å². The number of hydrogen-bond acceptors (Lipinski definition) is 3. The lowest BCUT2D eigenvalue weighted by molar-refractivity contribution is -0.137. The highest BCUT2D eigenvalue weighted by atomic mass is 19.1. The summed E-state index contributed by atoms with van der Waals surface area (Å²) < 4.78 is 26.3. The van der Waals surface area contributed by atoms with E-state index in [9.17, 15) is 14.3 Å². The van der Waals surface area contributed by atoms with E-state index in [2.05, 4.69) is 20.8 Å². The third-order valence-corrected chi connectivity index (χ3v) is 6.06. The highest BCUT2D eigenvalue weighted by Gasteiger charge is 2.20. The molecule has 0 fully saturated rings. The number of ether oxygens (including phenoxy) is 2. The van der Waals surface area contributed by atoms with Crippen LogP contribution in [-0.2, 0) is 17.8 Å². The fourth-order valence-corrected chi connectivity index (χ4v) is 4.39. The van der Waals surface area contributed by atoms with Gasteiger partial charge < -0.3 is 14.6 Å². The Balaban J connectivity index is 1.93. The van der Waals surface area contributed by atoms with E-state index in [0.717, 1.165) is 35.1 Å². The fourth-order valence-electron chi connectivity index (χ4n) is 4.39. The van der Waals surface area contributed by atoms with E-state index in [4.69, 9.17) is 9.47 Å². The zero-order valence-corrected chi connectivity index (χ0v) is 21.2. The first-order valence-corrected chi connectivity index (χ1v) is 12.0. The monoisotopic (exact) mass is 478 g/mol. The molecule has 5 heteroatoms. The van der Waals surface area contributed by atoms with Crippen molar-refractivity contribution in [3.05, 3.63) is 83.2 Å². The predicted molar refractivity (Wildman–Crippen MR) is 138 cm³/mol. The van der Waals surface area contributed by atoms with Gasteiger partial charge in [-0.1, -0.05) is 58.0 Å². The molecule has 0 aliphatic heterocycles. The standard InChI is InChI=1S/C30H35FO4/c1-6-20(16-29(32)33)25-10-8-7-9-21(25)19-35-24-11-13-26(22(15-24)18-30(2,3)4)27-17-23(34-5)12-14-28(27)31/h7-15,17,20H,6,16,18-19H2,1-5H3,(H,32,33). The fraction of sp³-hybridized carbons (Fsp3) is 0.367. The molecule has 4 nitrogen and oxygen atoms in total. The van der Waals surface area contributed by atoms with Gasteiger partial charge in [-0.2, -0.15) is 0 Å². The van der Waals surface area contributed by atoms with Gasteiger partial charge in [0.05, 0.1) is 13.5 Å². The molecule has 35 heavy (non-hydrogen) atoms. The summed E-state index contributed by atoms with van der Waals surface area (Å²) in [6, 6.07) is 18.3. The van der Waals surface area contributed by atoms with Gasteiger partial charge in [-0.25, -0.2) is 4.39 Å². The molecule has 0 saturated heterocycles. The average Bonchev–Trinajstić information content (AvgIpc) is 2.81. The van der Waals surface area contributed by atoms with Crippen LogP contribution in [0.15, 0.2) is 60.7 Å². The molecule has 1 N–H and O–H groups in total. The first-order chi connectivity index (χ1) is 16.6. The largest absolute Gasteiger partial charge is 0.497 e. The lowest BCUT2D eigenvalue weighted by atomic mass is 9.84. The summed E-state index contributed by atoms with van der Waals surface area (Å²) >= 11 is 0. The van der Waals surface area contributed by atoms with Crippen LogP contribution in [-0.4, -0.2) is 18.2 Å². The first kappa shape index (κ1) is 26.3. The summed E-state index contributed by atoms with van der Waals surface area (Å²) in [7, 11) is 1.57. The molecule has 0 amide bonds. The molecule has 1 atom stereocenters. The summed E-state index contributed by atoms with van der Waals surface area (Å²) in [5.41, 5.74) is 4.27. The molecule has 0 bridgehead atoms. The molecule has 1 unspecified atom stereocenters. The highest BCUT2D eigenvalue weighted by Crippen LogP contribution is 2.36. The minimum Gasteiger partial charge on any atom is -0.497 e. The molecule has 3 aromatic rings. The average molecular weight is 479 g/mol. The van der Waals surface area contributed by atoms with Gasteiger partial charge >= 0.3 is 5.97 Å². The maximum Gasteiger partial charge on any atom is 0.303 e. The highest BCUT2D eigenvalue weighted by molar-refractivity contribution is 5.70. The van der Waals surface area contributed by atoms with Crippen LogP contribution in [0, 0.1) is 11.2 Å². The van der Waals surface area contributed by atoms with E-state index < -0.39 is 5.97 Å². The second-order valence-corrected chi connectivity index (χ2v) is 10.1. The van der Waals surface area contributed by atoms with Crippen molar-refractivity contribution in [3.63, 3.8) is 0 Å². The SMILES string of the molecule is CCC(CC(=O)O)c1ccccc1COc1ccc(-c2cc(OC)ccc2F)c(CC(C)(C)C)c1. The van der Waals surface area contributed by atoms with Gasteiger partial charge in [0, 0.05) is 5.56 Å². The van der Waals surface area contributed by atoms with Crippen LogP contribution in [0.25, 0.3) is 11.1 Å². The van der Waals surface area contributed by atoms with E-state index >= 15 is 0 Å². The summed E-state index contributed by atoms with van der Waals surface area (Å²) in [6.07, 6.45) is 1.56. The summed E-state index contributed by atoms with van der Waals surface area (Å²) in [6.45, 7) is 8.77. The Morgan fingerprint density at radius 2 is 1.69 bits per heavy atom. The molecule has 0 aliphatic rings. The second kappa shape index (κ2) is 11.4. The second-order valence-electron chi connectivity index (χ2n) is 10.1. The lowest BCUT2D eigenvalue weighted by Gasteiger charge is -2.22. The van der Waals surface area contributed by atoms with Gasteiger partial charge in [0.25, 0.3) is 0 Å². The van der Waals surface area contributed by atoms with Crippen LogP contribution in [0.3, 0.4) is 0 Å². The number of methoxy groups -OCH3 is 1. The molecular weight excluding hydrogens is 443 g/mol. The van der Waals surface area contributed by atoms with Crippen molar-refractivity contribution < 1.29 is 23.8 Å². The quantitative estimate of drug-likeness (QED) is 0.325. The summed E-state index contributed by atoms with van der Waals surface area (Å²) in [5, 5.41) is 9.31. The van der Waals surface area contributed by atoms with Gasteiger partial charge in [-0.05, 0) is 76.8 Å². The van der Waals surface area contributed by atoms with Crippen LogP contribution < -0.4 is 9.47 Å². The topological polar surface area (TPSA) is 55.8 Å². The van der Waals surface area contributed by atoms with Crippen molar-refractivity contribution in [3.8, 4) is 22.6 Å². The van der Waals surface area contributed by atoms with Crippen LogP contribution in [0.1, 0.15) is 63.1 Å². The third kappa shape index (κ3) is 7.08. The van der Waals surface area contributed by atoms with Crippen molar-refractivity contribution in [2.45, 2.75) is 59.5 Å². The van der Waals surface area contributed by atoms with Crippen molar-refractivity contribution in [1.29, 1.82) is 0 Å². The number of rotatable bonds is 10. The molecule has 186 valence electrons. The van der Waals surface area contributed by atoms with Crippen molar-refractivity contribution in [1.82, 2.24) is 0 Å². The Labute approximate surface area is 207 Å². The van der Waals surface area contributed by atoms with E-state index in [1.165, 1.54) is 6.07 Å². The van der Waals surface area contributed by atoms with E-state index in [1.807, 2.05) is 49.4 Å². The Morgan fingerprint density at radius 1 is 0.971 bits per heavy atom. The molecule has 0 spiro atoms. The van der Waals surface area contributed by atoms with Crippen LogP contribution >= 0.6 is 0 Å². The van der Waals surface area contributed by atoms with Crippen LogP contribution in [0.5, 0.6) is 11.5 Å². The van der Waals surface area contributed by atoms with Gasteiger partial charge in [0.15, 0.2) is 0 Å². The number of hydrogen-bond donors (Lipinski definition) is 1. The molecular formula is C30H35FO4. The zero-order valence-electron chi connectivity index (χ0n) is 21.2. The van der Waals surface area contributed by atoms with Crippen molar-refractivity contribution in [2.75, 3.05) is 7.11 Å². The van der Waals surface area contributed by atoms with E-state index in [-0.39, 0.29) is 23.6 Å². The number of halogens is 1. The normalized spacial score (nSPS) is 12.3. The van der Waals surface area contributed by atoms with E-state index in [1.54, 1.807) is 19.2 Å². The number of carboxylic acid groups (broad SMARTS) is 1. The third-order valence-electron chi connectivity index (χ3n) is 6.06. The maximum atomic E-state index is 14.8. The Bertz CT molecular complexity index is 1160. The summed E-state index contributed by atoms with van der Waals surface area (Å²) in [5.74, 6) is 0.124. The first-order valence-electron chi connectivity index (χ1n) is 12.0. The number of aliphatic carboxylic acids is 1. The smallest absolute Gasteiger partial charge is 0.303 e. The van der Waals surface area contributed by atoms with Crippen molar-refractivity contribution in [2.24, 2.45) is 5.41 Å². The number of carboxylic acids is 1. The number of carbonyl (C=O) groups is 1. The summed E-state index contributed by atoms with van der Waals surface area (Å²) in [4.78, 5) is 11.3. The molecule has 0 heterocycles. The van der Waals surface area contributed by atoms with Gasteiger partial charge in [-0.15, -0.1) is 0 Å².